The van der Waals surface area contributed by atoms with Crippen molar-refractivity contribution in [3.8, 4) is 0 Å². The molecule has 0 aliphatic carbocycles. The number of likely N-dealkylation sites (tertiary alicyclic amines) is 2. The van der Waals surface area contributed by atoms with Crippen LogP contribution >= 0.6 is 15.9 Å². The van der Waals surface area contributed by atoms with E-state index in [0.29, 0.717) is 17.9 Å². The number of carbonyl (C=O) groups excluding carboxylic acids is 1. The van der Waals surface area contributed by atoms with E-state index in [4.69, 9.17) is 0 Å². The average Bonchev–Trinajstić information content (AvgIpc) is 2.90. The summed E-state index contributed by atoms with van der Waals surface area (Å²) in [6.07, 6.45) is 3.08. The molecule has 1 aromatic rings. The maximum Gasteiger partial charge on any atom is 0.223 e. The number of carbonyl (C=O) groups is 1. The van der Waals surface area contributed by atoms with Gasteiger partial charge in [0.25, 0.3) is 0 Å². The van der Waals surface area contributed by atoms with Crippen LogP contribution in [0.2, 0.25) is 0 Å². The first kappa shape index (κ1) is 15.0. The van der Waals surface area contributed by atoms with Crippen molar-refractivity contribution >= 4 is 21.8 Å². The summed E-state index contributed by atoms with van der Waals surface area (Å²) in [7, 11) is 0. The lowest BCUT2D eigenvalue weighted by Gasteiger charge is -2.37. The number of benzene rings is 1. The molecule has 2 aliphatic heterocycles. The van der Waals surface area contributed by atoms with Gasteiger partial charge in [-0.1, -0.05) is 46.3 Å². The van der Waals surface area contributed by atoms with Gasteiger partial charge in [-0.05, 0) is 30.9 Å². The number of rotatable bonds is 4. The standard InChI is InChI=1S/C17H23BrN2O/c18-10-15-9-17(21)20(12-15)16-7-4-8-19(13-16)11-14-5-2-1-3-6-14/h1-3,5-6,15-16H,4,7-13H2. The molecular formula is C17H23BrN2O. The third-order valence-electron chi connectivity index (χ3n) is 4.63. The number of hydrogen-bond acceptors (Lipinski definition) is 2. The van der Waals surface area contributed by atoms with Crippen molar-refractivity contribution in [1.82, 2.24) is 9.80 Å². The molecule has 4 heteroatoms. The smallest absolute Gasteiger partial charge is 0.223 e. The van der Waals surface area contributed by atoms with Crippen LogP contribution in [0.5, 0.6) is 0 Å². The van der Waals surface area contributed by atoms with Crippen LogP contribution in [0.15, 0.2) is 30.3 Å². The normalized spacial score (nSPS) is 27.3. The maximum absolute atomic E-state index is 12.2. The fraction of sp³-hybridized carbons (Fsp3) is 0.588. The molecule has 1 aromatic carbocycles. The molecule has 114 valence electrons. The summed E-state index contributed by atoms with van der Waals surface area (Å²) in [5.41, 5.74) is 1.37. The highest BCUT2D eigenvalue weighted by molar-refractivity contribution is 9.09. The van der Waals surface area contributed by atoms with Gasteiger partial charge in [0.2, 0.25) is 5.91 Å². The van der Waals surface area contributed by atoms with Crippen molar-refractivity contribution in [2.75, 3.05) is 25.0 Å². The largest absolute Gasteiger partial charge is 0.338 e. The van der Waals surface area contributed by atoms with Gasteiger partial charge >= 0.3 is 0 Å². The van der Waals surface area contributed by atoms with Crippen LogP contribution in [0.25, 0.3) is 0 Å². The Morgan fingerprint density at radius 2 is 2.00 bits per heavy atom. The monoisotopic (exact) mass is 350 g/mol. The van der Waals surface area contributed by atoms with Gasteiger partial charge in [-0.15, -0.1) is 0 Å². The van der Waals surface area contributed by atoms with Gasteiger partial charge in [0.1, 0.15) is 0 Å². The fourth-order valence-electron chi connectivity index (χ4n) is 3.54. The molecule has 21 heavy (non-hydrogen) atoms. The van der Waals surface area contributed by atoms with Gasteiger partial charge in [-0.25, -0.2) is 0 Å². The summed E-state index contributed by atoms with van der Waals surface area (Å²) in [6.45, 7) is 4.11. The molecule has 3 rings (SSSR count). The van der Waals surface area contributed by atoms with Gasteiger partial charge < -0.3 is 4.90 Å². The van der Waals surface area contributed by atoms with E-state index in [1.165, 1.54) is 12.0 Å². The van der Waals surface area contributed by atoms with Crippen molar-refractivity contribution in [1.29, 1.82) is 0 Å². The Hall–Kier alpha value is -0.870. The Bertz CT molecular complexity index is 479. The molecule has 2 atom stereocenters. The third kappa shape index (κ3) is 3.67. The summed E-state index contributed by atoms with van der Waals surface area (Å²) in [5, 5.41) is 0.940. The number of halogens is 1. The van der Waals surface area contributed by atoms with Gasteiger partial charge in [0.15, 0.2) is 0 Å². The molecule has 2 saturated heterocycles. The summed E-state index contributed by atoms with van der Waals surface area (Å²) < 4.78 is 0. The number of piperidine rings is 1. The SMILES string of the molecule is O=C1CC(CBr)CN1C1CCCN(Cc2ccccc2)C1. The molecule has 0 bridgehead atoms. The second-order valence-corrected chi connectivity index (χ2v) is 6.93. The molecule has 2 unspecified atom stereocenters. The number of nitrogens with zero attached hydrogens (tertiary/aromatic N) is 2. The summed E-state index contributed by atoms with van der Waals surface area (Å²) in [6, 6.07) is 11.0. The van der Waals surface area contributed by atoms with Gasteiger partial charge in [0, 0.05) is 37.4 Å². The average molecular weight is 351 g/mol. The van der Waals surface area contributed by atoms with E-state index in [1.54, 1.807) is 0 Å². The van der Waals surface area contributed by atoms with Gasteiger partial charge in [-0.3, -0.25) is 9.69 Å². The molecule has 0 radical (unpaired) electrons. The Balaban J connectivity index is 1.59. The lowest BCUT2D eigenvalue weighted by Crippen LogP contribution is -2.48. The molecule has 0 aromatic heterocycles. The van der Waals surface area contributed by atoms with Gasteiger partial charge in [-0.2, -0.15) is 0 Å². The molecule has 0 N–H and O–H groups in total. The summed E-state index contributed by atoms with van der Waals surface area (Å²) >= 11 is 3.52. The zero-order valence-electron chi connectivity index (χ0n) is 12.4. The minimum Gasteiger partial charge on any atom is -0.338 e. The van der Waals surface area contributed by atoms with Crippen LogP contribution < -0.4 is 0 Å². The highest BCUT2D eigenvalue weighted by atomic mass is 79.9. The van der Waals surface area contributed by atoms with E-state index in [1.807, 2.05) is 0 Å². The number of amides is 1. The molecule has 2 fully saturated rings. The Kier molecular flexibility index (Phi) is 4.96. The lowest BCUT2D eigenvalue weighted by molar-refractivity contribution is -0.130. The molecule has 0 saturated carbocycles. The van der Waals surface area contributed by atoms with E-state index < -0.39 is 0 Å². The zero-order valence-corrected chi connectivity index (χ0v) is 14.0. The third-order valence-corrected chi connectivity index (χ3v) is 5.54. The van der Waals surface area contributed by atoms with E-state index in [0.717, 1.165) is 44.4 Å². The quantitative estimate of drug-likeness (QED) is 0.779. The summed E-state index contributed by atoms with van der Waals surface area (Å²) in [4.78, 5) is 16.8. The van der Waals surface area contributed by atoms with Crippen LogP contribution in [-0.4, -0.2) is 46.7 Å². The Labute approximate surface area is 135 Å². The van der Waals surface area contributed by atoms with Crippen LogP contribution in [0.1, 0.15) is 24.8 Å². The predicted octanol–water partition coefficient (Wildman–Crippen LogP) is 2.89. The second kappa shape index (κ2) is 6.93. The minimum atomic E-state index is 0.353. The van der Waals surface area contributed by atoms with Crippen LogP contribution in [-0.2, 0) is 11.3 Å². The van der Waals surface area contributed by atoms with E-state index in [-0.39, 0.29) is 0 Å². The van der Waals surface area contributed by atoms with Gasteiger partial charge in [0.05, 0.1) is 0 Å². The number of alkyl halides is 1. The van der Waals surface area contributed by atoms with E-state index in [2.05, 4.69) is 56.1 Å². The molecule has 1 amide bonds. The van der Waals surface area contributed by atoms with Crippen molar-refractivity contribution in [3.05, 3.63) is 35.9 Å². The van der Waals surface area contributed by atoms with Crippen LogP contribution in [0, 0.1) is 5.92 Å². The number of hydrogen-bond donors (Lipinski definition) is 0. The first-order chi connectivity index (χ1) is 10.3. The molecular weight excluding hydrogens is 328 g/mol. The van der Waals surface area contributed by atoms with Crippen LogP contribution in [0.4, 0.5) is 0 Å². The van der Waals surface area contributed by atoms with Crippen molar-refractivity contribution in [2.24, 2.45) is 5.92 Å². The molecule has 3 nitrogen and oxygen atoms in total. The minimum absolute atomic E-state index is 0.353. The van der Waals surface area contributed by atoms with Crippen molar-refractivity contribution in [3.63, 3.8) is 0 Å². The highest BCUT2D eigenvalue weighted by Gasteiger charge is 2.35. The fourth-order valence-corrected chi connectivity index (χ4v) is 3.97. The molecule has 2 aliphatic rings. The first-order valence-corrected chi connectivity index (χ1v) is 9.00. The zero-order chi connectivity index (χ0) is 14.7. The Morgan fingerprint density at radius 3 is 2.71 bits per heavy atom. The van der Waals surface area contributed by atoms with E-state index in [9.17, 15) is 4.79 Å². The topological polar surface area (TPSA) is 23.6 Å². The van der Waals surface area contributed by atoms with Crippen molar-refractivity contribution in [2.45, 2.75) is 31.8 Å². The molecule has 2 heterocycles. The maximum atomic E-state index is 12.2. The lowest BCUT2D eigenvalue weighted by atomic mass is 10.0. The summed E-state index contributed by atoms with van der Waals surface area (Å²) in [5.74, 6) is 0.855. The first-order valence-electron chi connectivity index (χ1n) is 7.88. The van der Waals surface area contributed by atoms with E-state index >= 15 is 0 Å². The molecule has 0 spiro atoms. The predicted molar refractivity (Wildman–Crippen MR) is 88.4 cm³/mol. The van der Waals surface area contributed by atoms with Crippen molar-refractivity contribution < 1.29 is 4.79 Å². The van der Waals surface area contributed by atoms with Crippen LogP contribution in [0.3, 0.4) is 0 Å². The Morgan fingerprint density at radius 1 is 1.19 bits per heavy atom. The second-order valence-electron chi connectivity index (χ2n) is 6.29. The highest BCUT2D eigenvalue weighted by Crippen LogP contribution is 2.26.